The molecule has 2 atom stereocenters. The second-order valence-corrected chi connectivity index (χ2v) is 5.10. The predicted molar refractivity (Wildman–Crippen MR) is 63.2 cm³/mol. The minimum Gasteiger partial charge on any atom is -0.366 e. The van der Waals surface area contributed by atoms with Crippen molar-refractivity contribution in [1.29, 1.82) is 0 Å². The topological polar surface area (TPSA) is 27.1 Å². The third-order valence-electron chi connectivity index (χ3n) is 3.26. The Morgan fingerprint density at radius 1 is 1.73 bits per heavy atom. The maximum Gasteiger partial charge on any atom is 0.0866 e. The lowest BCUT2D eigenvalue weighted by Crippen LogP contribution is -2.25. The molecule has 84 valence electrons. The van der Waals surface area contributed by atoms with Crippen LogP contribution in [0.2, 0.25) is 0 Å². The van der Waals surface area contributed by atoms with E-state index in [0.717, 1.165) is 18.2 Å². The Kier molecular flexibility index (Phi) is 2.90. The fourth-order valence-electron chi connectivity index (χ4n) is 2.05. The average molecular weight is 273 g/mol. The van der Waals surface area contributed by atoms with Crippen LogP contribution in [-0.4, -0.2) is 20.7 Å². The maximum absolute atomic E-state index is 6.08. The Morgan fingerprint density at radius 3 is 2.93 bits per heavy atom. The Morgan fingerprint density at radius 2 is 2.47 bits per heavy atom. The van der Waals surface area contributed by atoms with E-state index in [1.54, 1.807) is 0 Å². The van der Waals surface area contributed by atoms with E-state index in [2.05, 4.69) is 34.9 Å². The van der Waals surface area contributed by atoms with Crippen molar-refractivity contribution in [2.75, 3.05) is 5.33 Å². The van der Waals surface area contributed by atoms with E-state index in [9.17, 15) is 0 Å². The van der Waals surface area contributed by atoms with Crippen LogP contribution in [0, 0.1) is 6.92 Å². The summed E-state index contributed by atoms with van der Waals surface area (Å²) in [6, 6.07) is 0. The summed E-state index contributed by atoms with van der Waals surface area (Å²) < 4.78 is 7.98. The van der Waals surface area contributed by atoms with Crippen molar-refractivity contribution in [3.63, 3.8) is 0 Å². The van der Waals surface area contributed by atoms with Crippen molar-refractivity contribution in [3.05, 3.63) is 17.5 Å². The smallest absolute Gasteiger partial charge is 0.0866 e. The number of alkyl halides is 1. The molecular weight excluding hydrogens is 256 g/mol. The van der Waals surface area contributed by atoms with Crippen molar-refractivity contribution < 1.29 is 4.74 Å². The van der Waals surface area contributed by atoms with E-state index in [1.165, 1.54) is 11.3 Å². The van der Waals surface area contributed by atoms with Gasteiger partial charge in [-0.15, -0.1) is 0 Å². The first-order valence-corrected chi connectivity index (χ1v) is 6.40. The summed E-state index contributed by atoms with van der Waals surface area (Å²) in [6.45, 7) is 4.25. The Hall–Kier alpha value is -0.350. The van der Waals surface area contributed by atoms with Gasteiger partial charge in [0, 0.05) is 23.6 Å². The third kappa shape index (κ3) is 1.97. The van der Waals surface area contributed by atoms with Crippen LogP contribution in [0.25, 0.3) is 0 Å². The largest absolute Gasteiger partial charge is 0.366 e. The second kappa shape index (κ2) is 3.91. The van der Waals surface area contributed by atoms with Crippen molar-refractivity contribution in [3.8, 4) is 0 Å². The van der Waals surface area contributed by atoms with Gasteiger partial charge in [0.25, 0.3) is 0 Å². The molecule has 2 unspecified atom stereocenters. The molecule has 1 fully saturated rings. The molecule has 1 aromatic heterocycles. The SMILES string of the molecule is Cc1c(C2CCC(C)(CBr)O2)cnn1C. The van der Waals surface area contributed by atoms with Crippen LogP contribution >= 0.6 is 15.9 Å². The van der Waals surface area contributed by atoms with Gasteiger partial charge in [0.2, 0.25) is 0 Å². The van der Waals surface area contributed by atoms with E-state index >= 15 is 0 Å². The number of aryl methyl sites for hydroxylation is 1. The highest BCUT2D eigenvalue weighted by Gasteiger charge is 2.36. The lowest BCUT2D eigenvalue weighted by molar-refractivity contribution is -0.0124. The summed E-state index contributed by atoms with van der Waals surface area (Å²) in [5.41, 5.74) is 2.44. The highest BCUT2D eigenvalue weighted by Crippen LogP contribution is 2.40. The summed E-state index contributed by atoms with van der Waals surface area (Å²) in [4.78, 5) is 0. The fraction of sp³-hybridized carbons (Fsp3) is 0.727. The van der Waals surface area contributed by atoms with E-state index in [-0.39, 0.29) is 11.7 Å². The molecule has 1 saturated heterocycles. The Bertz CT molecular complexity index is 363. The maximum atomic E-state index is 6.08. The molecule has 2 heterocycles. The number of hydrogen-bond acceptors (Lipinski definition) is 2. The third-order valence-corrected chi connectivity index (χ3v) is 4.45. The molecule has 0 bridgehead atoms. The molecule has 15 heavy (non-hydrogen) atoms. The lowest BCUT2D eigenvalue weighted by Gasteiger charge is -2.21. The van der Waals surface area contributed by atoms with E-state index < -0.39 is 0 Å². The second-order valence-electron chi connectivity index (χ2n) is 4.54. The minimum absolute atomic E-state index is 0.00700. The average Bonchev–Trinajstić information content (AvgIpc) is 2.74. The van der Waals surface area contributed by atoms with Crippen LogP contribution < -0.4 is 0 Å². The van der Waals surface area contributed by atoms with Gasteiger partial charge in [0.05, 0.1) is 17.9 Å². The first kappa shape index (κ1) is 11.1. The van der Waals surface area contributed by atoms with Crippen LogP contribution in [0.4, 0.5) is 0 Å². The van der Waals surface area contributed by atoms with Gasteiger partial charge in [-0.3, -0.25) is 4.68 Å². The number of aromatic nitrogens is 2. The number of nitrogens with zero attached hydrogens (tertiary/aromatic N) is 2. The van der Waals surface area contributed by atoms with Gasteiger partial charge in [0.1, 0.15) is 0 Å². The monoisotopic (exact) mass is 272 g/mol. The molecule has 3 nitrogen and oxygen atoms in total. The number of rotatable bonds is 2. The Labute approximate surface area is 98.9 Å². The molecule has 0 spiro atoms. The standard InChI is InChI=1S/C11H17BrN2O/c1-8-9(6-13-14(8)3)10-4-5-11(2,7-12)15-10/h6,10H,4-5,7H2,1-3H3. The van der Waals surface area contributed by atoms with Crippen molar-refractivity contribution >= 4 is 15.9 Å². The molecule has 0 saturated carbocycles. The molecule has 1 aliphatic heterocycles. The van der Waals surface area contributed by atoms with Crippen LogP contribution in [0.15, 0.2) is 6.20 Å². The van der Waals surface area contributed by atoms with Crippen molar-refractivity contribution in [1.82, 2.24) is 9.78 Å². The first-order valence-electron chi connectivity index (χ1n) is 5.28. The first-order chi connectivity index (χ1) is 7.06. The molecule has 2 rings (SSSR count). The van der Waals surface area contributed by atoms with Gasteiger partial charge in [-0.1, -0.05) is 15.9 Å². The molecule has 1 aliphatic rings. The van der Waals surface area contributed by atoms with E-state index in [4.69, 9.17) is 4.74 Å². The van der Waals surface area contributed by atoms with Gasteiger partial charge in [-0.2, -0.15) is 5.10 Å². The molecule has 4 heteroatoms. The molecule has 0 radical (unpaired) electrons. The van der Waals surface area contributed by atoms with Gasteiger partial charge >= 0.3 is 0 Å². The lowest BCUT2D eigenvalue weighted by atomic mass is 10.0. The molecule has 0 aromatic carbocycles. The van der Waals surface area contributed by atoms with Crippen LogP contribution in [0.3, 0.4) is 0 Å². The zero-order valence-electron chi connectivity index (χ0n) is 9.46. The molecule has 1 aromatic rings. The van der Waals surface area contributed by atoms with E-state index in [1.807, 2.05) is 17.9 Å². The summed E-state index contributed by atoms with van der Waals surface area (Å²) >= 11 is 3.51. The predicted octanol–water partition coefficient (Wildman–Crippen LogP) is 2.73. The minimum atomic E-state index is -0.00700. The number of ether oxygens (including phenoxy) is 1. The van der Waals surface area contributed by atoms with Gasteiger partial charge in [-0.05, 0) is 26.7 Å². The van der Waals surface area contributed by atoms with Crippen LogP contribution in [0.5, 0.6) is 0 Å². The zero-order valence-corrected chi connectivity index (χ0v) is 11.0. The zero-order chi connectivity index (χ0) is 11.1. The van der Waals surface area contributed by atoms with E-state index in [0.29, 0.717) is 0 Å². The van der Waals surface area contributed by atoms with Crippen LogP contribution in [-0.2, 0) is 11.8 Å². The van der Waals surface area contributed by atoms with Gasteiger partial charge in [0.15, 0.2) is 0 Å². The molecule has 0 N–H and O–H groups in total. The summed E-state index contributed by atoms with van der Waals surface area (Å²) in [7, 11) is 1.97. The number of halogens is 1. The van der Waals surface area contributed by atoms with Gasteiger partial charge < -0.3 is 4.74 Å². The molecule has 0 amide bonds. The summed E-state index contributed by atoms with van der Waals surface area (Å²) in [5.74, 6) is 0. The normalized spacial score (nSPS) is 31.1. The highest BCUT2D eigenvalue weighted by atomic mass is 79.9. The highest BCUT2D eigenvalue weighted by molar-refractivity contribution is 9.09. The Balaban J connectivity index is 2.18. The summed E-state index contributed by atoms with van der Waals surface area (Å²) in [6.07, 6.45) is 4.35. The van der Waals surface area contributed by atoms with Crippen molar-refractivity contribution in [2.45, 2.75) is 38.4 Å². The fourth-order valence-corrected chi connectivity index (χ4v) is 2.46. The van der Waals surface area contributed by atoms with Crippen molar-refractivity contribution in [2.24, 2.45) is 7.05 Å². The quantitative estimate of drug-likeness (QED) is 0.775. The molecule has 0 aliphatic carbocycles. The van der Waals surface area contributed by atoms with Gasteiger partial charge in [-0.25, -0.2) is 0 Å². The van der Waals surface area contributed by atoms with Crippen LogP contribution in [0.1, 0.15) is 37.1 Å². The molecular formula is C11H17BrN2O. The number of hydrogen-bond donors (Lipinski definition) is 0. The summed E-state index contributed by atoms with van der Waals surface area (Å²) in [5, 5.41) is 5.16.